The fourth-order valence-corrected chi connectivity index (χ4v) is 1.29. The van der Waals surface area contributed by atoms with Gasteiger partial charge in [-0.3, -0.25) is 4.55 Å². The van der Waals surface area contributed by atoms with Crippen LogP contribution in [0.1, 0.15) is 26.0 Å². The van der Waals surface area contributed by atoms with Crippen LogP contribution in [0.25, 0.3) is 0 Å². The van der Waals surface area contributed by atoms with Crippen LogP contribution in [0.5, 0.6) is 0 Å². The topological polar surface area (TPSA) is 81.3 Å². The third kappa shape index (κ3) is 8.34. The molecule has 0 amide bonds. The predicted octanol–water partition coefficient (Wildman–Crippen LogP) is 0.951. The Morgan fingerprint density at radius 2 is 1.94 bits per heavy atom. The molecular weight excluding hydrogens is 230 g/mol. The van der Waals surface area contributed by atoms with Crippen molar-refractivity contribution in [2.75, 3.05) is 0 Å². The Balaban J connectivity index is 0.000000385. The molecule has 0 saturated carbocycles. The molecule has 0 aliphatic carbocycles. The summed E-state index contributed by atoms with van der Waals surface area (Å²) in [5.74, 6) is 0. The largest absolute Gasteiger partial charge is 0.726 e. The summed E-state index contributed by atoms with van der Waals surface area (Å²) in [5.41, 5.74) is 1.43. The number of pyridine rings is 1. The van der Waals surface area contributed by atoms with E-state index >= 15 is 0 Å². The van der Waals surface area contributed by atoms with Gasteiger partial charge in [0.2, 0.25) is 10.4 Å². The van der Waals surface area contributed by atoms with Crippen molar-refractivity contribution in [1.82, 2.24) is 0 Å². The molecule has 0 bridgehead atoms. The second-order valence-corrected chi connectivity index (χ2v) is 4.02. The Morgan fingerprint density at radius 3 is 2.38 bits per heavy atom. The fourth-order valence-electron chi connectivity index (χ4n) is 1.29. The third-order valence-electron chi connectivity index (χ3n) is 1.86. The van der Waals surface area contributed by atoms with Crippen molar-refractivity contribution in [3.63, 3.8) is 0 Å². The zero-order valence-corrected chi connectivity index (χ0v) is 10.3. The van der Waals surface area contributed by atoms with E-state index in [0.717, 1.165) is 13.0 Å². The first kappa shape index (κ1) is 15.0. The van der Waals surface area contributed by atoms with E-state index in [0.29, 0.717) is 0 Å². The molecule has 0 fully saturated rings. The monoisotopic (exact) mass is 247 g/mol. The van der Waals surface area contributed by atoms with Gasteiger partial charge in [0.1, 0.15) is 6.54 Å². The predicted molar refractivity (Wildman–Crippen MR) is 58.6 cm³/mol. The molecule has 0 aliphatic rings. The second-order valence-electron chi connectivity index (χ2n) is 3.17. The lowest BCUT2D eigenvalue weighted by atomic mass is 10.3. The van der Waals surface area contributed by atoms with Crippen molar-refractivity contribution < 1.29 is 22.1 Å². The van der Waals surface area contributed by atoms with E-state index in [4.69, 9.17) is 17.5 Å². The van der Waals surface area contributed by atoms with Gasteiger partial charge in [-0.2, -0.15) is 0 Å². The molecule has 6 heteroatoms. The van der Waals surface area contributed by atoms with Gasteiger partial charge in [0.05, 0.1) is 0 Å². The molecule has 0 aliphatic heterocycles. The summed E-state index contributed by atoms with van der Waals surface area (Å²) < 4.78 is 35.2. The van der Waals surface area contributed by atoms with Crippen molar-refractivity contribution in [3.05, 3.63) is 30.1 Å². The van der Waals surface area contributed by atoms with Crippen LogP contribution in [0, 0.1) is 0 Å². The van der Waals surface area contributed by atoms with Crippen LogP contribution >= 0.6 is 0 Å². The quantitative estimate of drug-likeness (QED) is 0.490. The Kier molecular flexibility index (Phi) is 6.87. The molecule has 0 aromatic carbocycles. The molecule has 0 spiro atoms. The van der Waals surface area contributed by atoms with Crippen LogP contribution in [0.15, 0.2) is 24.4 Å². The molecule has 1 heterocycles. The van der Waals surface area contributed by atoms with Gasteiger partial charge in [-0.25, -0.2) is 13.0 Å². The summed E-state index contributed by atoms with van der Waals surface area (Å²) in [6, 6.07) is 6.38. The number of rotatable bonds is 3. The van der Waals surface area contributed by atoms with Crippen LogP contribution in [-0.4, -0.2) is 17.5 Å². The maximum absolute atomic E-state index is 8.63. The van der Waals surface area contributed by atoms with Gasteiger partial charge < -0.3 is 4.55 Å². The first-order valence-electron chi connectivity index (χ1n) is 5.04. The van der Waals surface area contributed by atoms with Gasteiger partial charge in [0.25, 0.3) is 0 Å². The highest BCUT2D eigenvalue weighted by Crippen LogP contribution is 1.92. The minimum Gasteiger partial charge on any atom is -0.726 e. The van der Waals surface area contributed by atoms with Crippen LogP contribution in [0.3, 0.4) is 0 Å². The first-order chi connectivity index (χ1) is 7.38. The van der Waals surface area contributed by atoms with Gasteiger partial charge in [0, 0.05) is 25.0 Å². The van der Waals surface area contributed by atoms with Gasteiger partial charge in [-0.1, -0.05) is 19.9 Å². The summed E-state index contributed by atoms with van der Waals surface area (Å²) >= 11 is 0. The molecular formula is C10H17NO4S. The van der Waals surface area contributed by atoms with E-state index < -0.39 is 10.4 Å². The molecule has 1 rings (SSSR count). The molecule has 0 atom stereocenters. The van der Waals surface area contributed by atoms with Crippen LogP contribution in [-0.2, 0) is 23.4 Å². The zero-order valence-electron chi connectivity index (χ0n) is 9.46. The van der Waals surface area contributed by atoms with Gasteiger partial charge in [-0.05, 0) is 0 Å². The standard InChI is InChI=1S/C10H16N.H2O4S/c1-3-8-11-9-6-5-7-10(11)4-2;1-5(2,3)4/h5-7,9H,3-4,8H2,1-2H3;(H2,1,2,3,4)/q+1;/p-1. The van der Waals surface area contributed by atoms with Crippen molar-refractivity contribution >= 4 is 10.4 Å². The Hall–Kier alpha value is -0.980. The molecule has 92 valence electrons. The van der Waals surface area contributed by atoms with Crippen LogP contribution in [0.4, 0.5) is 0 Å². The van der Waals surface area contributed by atoms with Crippen molar-refractivity contribution in [2.24, 2.45) is 0 Å². The van der Waals surface area contributed by atoms with E-state index in [2.05, 4.69) is 42.8 Å². The molecule has 1 aromatic heterocycles. The Labute approximate surface area is 96.3 Å². The lowest BCUT2D eigenvalue weighted by molar-refractivity contribution is -0.704. The first-order valence-corrected chi connectivity index (χ1v) is 6.40. The molecule has 0 unspecified atom stereocenters. The summed E-state index contributed by atoms with van der Waals surface area (Å²) in [5, 5.41) is 0. The van der Waals surface area contributed by atoms with Gasteiger partial charge in [-0.15, -0.1) is 0 Å². The van der Waals surface area contributed by atoms with Gasteiger partial charge in [0.15, 0.2) is 11.9 Å². The second kappa shape index (κ2) is 7.32. The average Bonchev–Trinajstić information content (AvgIpc) is 2.16. The van der Waals surface area contributed by atoms with E-state index in [9.17, 15) is 0 Å². The molecule has 5 nitrogen and oxygen atoms in total. The highest BCUT2D eigenvalue weighted by molar-refractivity contribution is 7.79. The van der Waals surface area contributed by atoms with Crippen molar-refractivity contribution in [1.29, 1.82) is 0 Å². The number of hydrogen-bond acceptors (Lipinski definition) is 3. The van der Waals surface area contributed by atoms with Crippen LogP contribution < -0.4 is 4.57 Å². The van der Waals surface area contributed by atoms with E-state index in [1.807, 2.05) is 0 Å². The normalized spacial score (nSPS) is 10.5. The zero-order chi connectivity index (χ0) is 12.6. The third-order valence-corrected chi connectivity index (χ3v) is 1.86. The van der Waals surface area contributed by atoms with Crippen molar-refractivity contribution in [3.8, 4) is 0 Å². The maximum Gasteiger partial charge on any atom is 0.215 e. The highest BCUT2D eigenvalue weighted by Gasteiger charge is 2.03. The molecule has 1 N–H and O–H groups in total. The van der Waals surface area contributed by atoms with E-state index in [1.165, 1.54) is 12.1 Å². The van der Waals surface area contributed by atoms with Gasteiger partial charge >= 0.3 is 0 Å². The average molecular weight is 247 g/mol. The lowest BCUT2D eigenvalue weighted by Gasteiger charge is -1.98. The summed E-state index contributed by atoms with van der Waals surface area (Å²) in [4.78, 5) is 0. The Morgan fingerprint density at radius 1 is 1.38 bits per heavy atom. The molecule has 1 aromatic rings. The highest BCUT2D eigenvalue weighted by atomic mass is 32.3. The van der Waals surface area contributed by atoms with E-state index in [1.54, 1.807) is 0 Å². The van der Waals surface area contributed by atoms with Crippen molar-refractivity contribution in [2.45, 2.75) is 33.2 Å². The Bertz CT molecular complexity index is 395. The number of aryl methyl sites for hydroxylation is 2. The molecule has 16 heavy (non-hydrogen) atoms. The van der Waals surface area contributed by atoms with E-state index in [-0.39, 0.29) is 0 Å². The minimum absolute atomic E-state index is 1.13. The number of nitrogens with zero attached hydrogens (tertiary/aromatic N) is 1. The minimum atomic E-state index is -4.92. The SMILES string of the molecule is CCC[n+]1ccccc1CC.O=S(=O)([O-])O. The number of hydrogen-bond donors (Lipinski definition) is 1. The summed E-state index contributed by atoms with van der Waals surface area (Å²) in [6.07, 6.45) is 4.49. The maximum atomic E-state index is 8.63. The molecule has 0 saturated heterocycles. The number of aromatic nitrogens is 1. The summed E-state index contributed by atoms with van der Waals surface area (Å²) in [6.45, 7) is 5.55. The smallest absolute Gasteiger partial charge is 0.215 e. The summed E-state index contributed by atoms with van der Waals surface area (Å²) in [7, 11) is -4.92. The lowest BCUT2D eigenvalue weighted by Crippen LogP contribution is -2.37. The van der Waals surface area contributed by atoms with Crippen LogP contribution in [0.2, 0.25) is 0 Å². The fraction of sp³-hybridized carbons (Fsp3) is 0.500. The molecule has 0 radical (unpaired) electrons.